The number of ether oxygens (including phenoxy) is 1. The summed E-state index contributed by atoms with van der Waals surface area (Å²) in [6.45, 7) is 5.25. The fourth-order valence-corrected chi connectivity index (χ4v) is 4.32. The van der Waals surface area contributed by atoms with Gasteiger partial charge in [0.05, 0.1) is 30.4 Å². The number of aromatic nitrogens is 1. The molecule has 7 nitrogen and oxygen atoms in total. The van der Waals surface area contributed by atoms with Crippen LogP contribution in [-0.4, -0.2) is 52.4 Å². The number of piperazine rings is 1. The maximum atomic E-state index is 11.8. The smallest absolute Gasteiger partial charge is 0.232 e. The molecule has 1 aliphatic rings. The van der Waals surface area contributed by atoms with Crippen molar-refractivity contribution in [1.29, 1.82) is 0 Å². The number of nitrogens with zero attached hydrogens (tertiary/aromatic N) is 3. The first kappa shape index (κ1) is 19.3. The zero-order valence-electron chi connectivity index (χ0n) is 15.8. The lowest BCUT2D eigenvalue weighted by atomic mass is 10.2. The van der Waals surface area contributed by atoms with Gasteiger partial charge in [-0.1, -0.05) is 19.1 Å². The molecule has 146 valence electrons. The number of hydrogen-bond donors (Lipinski definition) is 1. The molecular formula is C19H26N4O3S. The monoisotopic (exact) mass is 390 g/mol. The summed E-state index contributed by atoms with van der Waals surface area (Å²) in [5.41, 5.74) is 1.60. The summed E-state index contributed by atoms with van der Waals surface area (Å²) in [5.74, 6) is 1.85. The summed E-state index contributed by atoms with van der Waals surface area (Å²) < 4.78 is 31.7. The number of methoxy groups -OCH3 is 1. The highest BCUT2D eigenvalue weighted by molar-refractivity contribution is 7.92. The van der Waals surface area contributed by atoms with Crippen LogP contribution in [0, 0.1) is 0 Å². The third-order valence-corrected chi connectivity index (χ3v) is 6.02. The number of benzene rings is 1. The minimum absolute atomic E-state index is 0.111. The van der Waals surface area contributed by atoms with E-state index in [1.165, 1.54) is 0 Å². The van der Waals surface area contributed by atoms with Gasteiger partial charge in [-0.05, 0) is 30.7 Å². The van der Waals surface area contributed by atoms with Crippen molar-refractivity contribution in [3.8, 4) is 5.75 Å². The van der Waals surface area contributed by atoms with Crippen LogP contribution in [0.15, 0.2) is 42.6 Å². The molecule has 0 bridgehead atoms. The summed E-state index contributed by atoms with van der Waals surface area (Å²) in [7, 11) is -1.60. The van der Waals surface area contributed by atoms with Crippen LogP contribution in [0.25, 0.3) is 0 Å². The van der Waals surface area contributed by atoms with E-state index in [2.05, 4.69) is 25.6 Å². The van der Waals surface area contributed by atoms with Gasteiger partial charge in [0, 0.05) is 26.2 Å². The molecule has 1 aliphatic heterocycles. The van der Waals surface area contributed by atoms with E-state index < -0.39 is 10.0 Å². The Morgan fingerprint density at radius 1 is 1.07 bits per heavy atom. The van der Waals surface area contributed by atoms with Crippen LogP contribution in [0.2, 0.25) is 0 Å². The van der Waals surface area contributed by atoms with E-state index in [1.807, 2.05) is 31.2 Å². The minimum atomic E-state index is -3.29. The SMILES string of the molecule is CCCS(=O)(=O)Nc1ccc(N2CCN(c3ccccc3OC)CC2)nc1. The highest BCUT2D eigenvalue weighted by atomic mass is 32.2. The number of sulfonamides is 1. The van der Waals surface area contributed by atoms with Gasteiger partial charge in [-0.25, -0.2) is 13.4 Å². The molecule has 1 aromatic heterocycles. The number of para-hydroxylation sites is 2. The van der Waals surface area contributed by atoms with E-state index in [-0.39, 0.29) is 5.75 Å². The molecule has 0 amide bonds. The zero-order valence-corrected chi connectivity index (χ0v) is 16.6. The molecule has 2 aromatic rings. The van der Waals surface area contributed by atoms with Crippen molar-refractivity contribution in [1.82, 2.24) is 4.98 Å². The van der Waals surface area contributed by atoms with Crippen molar-refractivity contribution in [3.05, 3.63) is 42.6 Å². The number of nitrogens with one attached hydrogen (secondary N) is 1. The van der Waals surface area contributed by atoms with Crippen LogP contribution < -0.4 is 19.3 Å². The predicted molar refractivity (Wildman–Crippen MR) is 109 cm³/mol. The van der Waals surface area contributed by atoms with E-state index in [0.29, 0.717) is 12.1 Å². The summed E-state index contributed by atoms with van der Waals surface area (Å²) in [4.78, 5) is 8.95. The van der Waals surface area contributed by atoms with Gasteiger partial charge in [0.15, 0.2) is 0 Å². The summed E-state index contributed by atoms with van der Waals surface area (Å²) >= 11 is 0. The maximum absolute atomic E-state index is 11.8. The lowest BCUT2D eigenvalue weighted by Crippen LogP contribution is -2.46. The van der Waals surface area contributed by atoms with Gasteiger partial charge >= 0.3 is 0 Å². The summed E-state index contributed by atoms with van der Waals surface area (Å²) in [6, 6.07) is 11.7. The van der Waals surface area contributed by atoms with Gasteiger partial charge in [-0.15, -0.1) is 0 Å². The number of anilines is 3. The molecule has 1 fully saturated rings. The van der Waals surface area contributed by atoms with Crippen molar-refractivity contribution >= 4 is 27.2 Å². The quantitative estimate of drug-likeness (QED) is 0.783. The van der Waals surface area contributed by atoms with Crippen LogP contribution in [0.4, 0.5) is 17.2 Å². The molecule has 3 rings (SSSR count). The van der Waals surface area contributed by atoms with Gasteiger partial charge in [-0.2, -0.15) is 0 Å². The molecule has 1 saturated heterocycles. The van der Waals surface area contributed by atoms with Crippen molar-refractivity contribution in [2.75, 3.05) is 53.6 Å². The fraction of sp³-hybridized carbons (Fsp3) is 0.421. The van der Waals surface area contributed by atoms with Gasteiger partial charge < -0.3 is 14.5 Å². The number of rotatable bonds is 7. The van der Waals surface area contributed by atoms with Crippen LogP contribution in [0.1, 0.15) is 13.3 Å². The first-order valence-corrected chi connectivity index (χ1v) is 10.8. The van der Waals surface area contributed by atoms with Gasteiger partial charge in [0.2, 0.25) is 10.0 Å². The Morgan fingerprint density at radius 3 is 2.41 bits per heavy atom. The average molecular weight is 391 g/mol. The minimum Gasteiger partial charge on any atom is -0.495 e. The lowest BCUT2D eigenvalue weighted by Gasteiger charge is -2.37. The van der Waals surface area contributed by atoms with E-state index in [1.54, 1.807) is 19.4 Å². The van der Waals surface area contributed by atoms with Crippen molar-refractivity contribution in [2.24, 2.45) is 0 Å². The van der Waals surface area contributed by atoms with Gasteiger partial charge in [0.25, 0.3) is 0 Å². The molecule has 0 unspecified atom stereocenters. The maximum Gasteiger partial charge on any atom is 0.232 e. The first-order chi connectivity index (χ1) is 13.0. The van der Waals surface area contributed by atoms with Crippen LogP contribution >= 0.6 is 0 Å². The molecule has 1 N–H and O–H groups in total. The zero-order chi connectivity index (χ0) is 19.3. The molecule has 27 heavy (non-hydrogen) atoms. The average Bonchev–Trinajstić information content (AvgIpc) is 2.68. The van der Waals surface area contributed by atoms with Gasteiger partial charge in [-0.3, -0.25) is 4.72 Å². The van der Waals surface area contributed by atoms with E-state index in [4.69, 9.17) is 4.74 Å². The Hall–Kier alpha value is -2.48. The highest BCUT2D eigenvalue weighted by Crippen LogP contribution is 2.29. The second-order valence-corrected chi connectivity index (χ2v) is 8.31. The third kappa shape index (κ3) is 4.82. The Bertz CT molecular complexity index is 848. The van der Waals surface area contributed by atoms with E-state index >= 15 is 0 Å². The molecule has 0 saturated carbocycles. The summed E-state index contributed by atoms with van der Waals surface area (Å²) in [5, 5.41) is 0. The number of hydrogen-bond acceptors (Lipinski definition) is 6. The Kier molecular flexibility index (Phi) is 6.05. The Labute approximate surface area is 161 Å². The van der Waals surface area contributed by atoms with Gasteiger partial charge in [0.1, 0.15) is 11.6 Å². The highest BCUT2D eigenvalue weighted by Gasteiger charge is 2.20. The molecule has 0 aliphatic carbocycles. The second-order valence-electron chi connectivity index (χ2n) is 6.47. The standard InChI is InChI=1S/C19H26N4O3S/c1-3-14-27(24,25)21-16-8-9-19(20-15-16)23-12-10-22(11-13-23)17-6-4-5-7-18(17)26-2/h4-9,15,21H,3,10-14H2,1-2H3. The van der Waals surface area contributed by atoms with Crippen molar-refractivity contribution in [2.45, 2.75) is 13.3 Å². The van der Waals surface area contributed by atoms with Crippen LogP contribution in [-0.2, 0) is 10.0 Å². The fourth-order valence-electron chi connectivity index (χ4n) is 3.20. The second kappa shape index (κ2) is 8.47. The molecule has 1 aromatic carbocycles. The molecule has 8 heteroatoms. The van der Waals surface area contributed by atoms with Crippen LogP contribution in [0.3, 0.4) is 0 Å². The molecule has 2 heterocycles. The van der Waals surface area contributed by atoms with Crippen molar-refractivity contribution in [3.63, 3.8) is 0 Å². The van der Waals surface area contributed by atoms with E-state index in [0.717, 1.165) is 43.4 Å². The normalized spacial score (nSPS) is 14.9. The van der Waals surface area contributed by atoms with Crippen molar-refractivity contribution < 1.29 is 13.2 Å². The molecule has 0 atom stereocenters. The molecular weight excluding hydrogens is 364 g/mol. The Balaban J connectivity index is 1.61. The largest absolute Gasteiger partial charge is 0.495 e. The third-order valence-electron chi connectivity index (χ3n) is 4.52. The topological polar surface area (TPSA) is 74.8 Å². The first-order valence-electron chi connectivity index (χ1n) is 9.12. The summed E-state index contributed by atoms with van der Waals surface area (Å²) in [6.07, 6.45) is 2.16. The number of pyridine rings is 1. The lowest BCUT2D eigenvalue weighted by molar-refractivity contribution is 0.413. The molecule has 0 radical (unpaired) electrons. The Morgan fingerprint density at radius 2 is 1.78 bits per heavy atom. The predicted octanol–water partition coefficient (Wildman–Crippen LogP) is 2.57. The van der Waals surface area contributed by atoms with E-state index in [9.17, 15) is 8.42 Å². The van der Waals surface area contributed by atoms with Crippen LogP contribution in [0.5, 0.6) is 5.75 Å². The molecule has 0 spiro atoms.